The van der Waals surface area contributed by atoms with E-state index in [2.05, 4.69) is 42.5 Å². The molecule has 3 aromatic heterocycles. The number of hydrogen-bond donors (Lipinski definition) is 4. The van der Waals surface area contributed by atoms with E-state index in [0.29, 0.717) is 23.1 Å². The normalized spacial score (nSPS) is 20.0. The molecule has 1 aliphatic rings. The third-order valence-electron chi connectivity index (χ3n) is 4.94. The SMILES string of the molecule is C[C@@H]1CN(c2ccc(N)nn2)CC[C@@H]1Nc1c(C(N)=O)nnc2[nH]ccc12. The average molecular weight is 367 g/mol. The molecule has 10 heteroatoms. The molecule has 4 rings (SSSR count). The largest absolute Gasteiger partial charge is 0.382 e. The van der Waals surface area contributed by atoms with Crippen molar-refractivity contribution in [2.75, 3.05) is 29.0 Å². The monoisotopic (exact) mass is 367 g/mol. The van der Waals surface area contributed by atoms with E-state index in [-0.39, 0.29) is 11.7 Å². The molecule has 0 radical (unpaired) electrons. The van der Waals surface area contributed by atoms with Gasteiger partial charge in [-0.05, 0) is 30.5 Å². The molecule has 10 nitrogen and oxygen atoms in total. The molecule has 2 atom stereocenters. The third-order valence-corrected chi connectivity index (χ3v) is 4.94. The fourth-order valence-corrected chi connectivity index (χ4v) is 3.50. The fraction of sp³-hybridized carbons (Fsp3) is 0.353. The summed E-state index contributed by atoms with van der Waals surface area (Å²) in [5, 5.41) is 20.4. The molecule has 1 aliphatic heterocycles. The van der Waals surface area contributed by atoms with Crippen LogP contribution in [0.15, 0.2) is 24.4 Å². The number of hydrogen-bond acceptors (Lipinski definition) is 8. The van der Waals surface area contributed by atoms with Gasteiger partial charge in [0.25, 0.3) is 5.91 Å². The minimum Gasteiger partial charge on any atom is -0.382 e. The molecule has 0 saturated carbocycles. The van der Waals surface area contributed by atoms with Crippen LogP contribution in [-0.2, 0) is 0 Å². The Balaban J connectivity index is 1.55. The van der Waals surface area contributed by atoms with Crippen LogP contribution in [0.2, 0.25) is 0 Å². The summed E-state index contributed by atoms with van der Waals surface area (Å²) in [6, 6.07) is 5.65. The highest BCUT2D eigenvalue weighted by molar-refractivity contribution is 6.04. The van der Waals surface area contributed by atoms with Gasteiger partial charge in [0.2, 0.25) is 0 Å². The van der Waals surface area contributed by atoms with Crippen molar-refractivity contribution in [3.63, 3.8) is 0 Å². The maximum Gasteiger partial charge on any atom is 0.271 e. The van der Waals surface area contributed by atoms with Gasteiger partial charge in [-0.1, -0.05) is 6.92 Å². The Morgan fingerprint density at radius 3 is 2.81 bits per heavy atom. The molecular formula is C17H21N9O. The molecule has 1 fully saturated rings. The third kappa shape index (κ3) is 3.21. The van der Waals surface area contributed by atoms with Crippen molar-refractivity contribution in [1.29, 1.82) is 0 Å². The lowest BCUT2D eigenvalue weighted by Gasteiger charge is -2.38. The van der Waals surface area contributed by atoms with E-state index >= 15 is 0 Å². The summed E-state index contributed by atoms with van der Waals surface area (Å²) in [6.45, 7) is 3.76. The number of rotatable bonds is 4. The van der Waals surface area contributed by atoms with Crippen LogP contribution in [0, 0.1) is 5.92 Å². The first-order valence-corrected chi connectivity index (χ1v) is 8.77. The second kappa shape index (κ2) is 6.71. The summed E-state index contributed by atoms with van der Waals surface area (Å²) in [4.78, 5) is 17.0. The second-order valence-corrected chi connectivity index (χ2v) is 6.81. The van der Waals surface area contributed by atoms with Gasteiger partial charge in [-0.3, -0.25) is 4.79 Å². The minimum atomic E-state index is -0.602. The van der Waals surface area contributed by atoms with Crippen molar-refractivity contribution >= 4 is 34.3 Å². The number of anilines is 3. The standard InChI is InChI=1S/C17H21N9O/c1-9-8-26(13-3-2-12(18)22-23-13)7-5-11(9)21-14-10-4-6-20-17(10)25-24-15(14)16(19)27/h2-4,6,9,11H,5,7-8H2,1H3,(H2,18,22)(H2,19,27)(H2,20,21,25)/t9-,11+/m1/s1. The smallest absolute Gasteiger partial charge is 0.271 e. The molecule has 1 saturated heterocycles. The Bertz CT molecular complexity index is 968. The summed E-state index contributed by atoms with van der Waals surface area (Å²) in [5.41, 5.74) is 12.5. The maximum absolute atomic E-state index is 11.8. The van der Waals surface area contributed by atoms with Gasteiger partial charge in [0.1, 0.15) is 5.82 Å². The number of nitrogen functional groups attached to an aromatic ring is 1. The summed E-state index contributed by atoms with van der Waals surface area (Å²) >= 11 is 0. The first kappa shape index (κ1) is 17.0. The Morgan fingerprint density at radius 2 is 2.11 bits per heavy atom. The lowest BCUT2D eigenvalue weighted by molar-refractivity contribution is 0.0995. The number of carbonyl (C=O) groups excluding carboxylic acids is 1. The molecule has 140 valence electrons. The van der Waals surface area contributed by atoms with E-state index in [1.807, 2.05) is 12.1 Å². The lowest BCUT2D eigenvalue weighted by Crippen LogP contribution is -2.46. The zero-order chi connectivity index (χ0) is 19.0. The predicted octanol–water partition coefficient (Wildman–Crippen LogP) is 0.756. The van der Waals surface area contributed by atoms with Crippen LogP contribution in [0.5, 0.6) is 0 Å². The topological polar surface area (TPSA) is 152 Å². The summed E-state index contributed by atoms with van der Waals surface area (Å²) < 4.78 is 0. The Labute approximate surface area is 155 Å². The van der Waals surface area contributed by atoms with E-state index in [1.165, 1.54) is 0 Å². The van der Waals surface area contributed by atoms with Crippen molar-refractivity contribution in [3.05, 3.63) is 30.1 Å². The van der Waals surface area contributed by atoms with Crippen LogP contribution in [0.3, 0.4) is 0 Å². The highest BCUT2D eigenvalue weighted by Gasteiger charge is 2.29. The Hall–Kier alpha value is -3.43. The van der Waals surface area contributed by atoms with Gasteiger partial charge in [0.05, 0.1) is 5.69 Å². The molecule has 0 aliphatic carbocycles. The number of H-pyrrole nitrogens is 1. The van der Waals surface area contributed by atoms with Gasteiger partial charge >= 0.3 is 0 Å². The van der Waals surface area contributed by atoms with Crippen LogP contribution in [-0.4, -0.2) is 50.4 Å². The summed E-state index contributed by atoms with van der Waals surface area (Å²) in [7, 11) is 0. The van der Waals surface area contributed by atoms with Gasteiger partial charge in [0, 0.05) is 30.7 Å². The molecule has 0 unspecified atom stereocenters. The van der Waals surface area contributed by atoms with Gasteiger partial charge in [-0.15, -0.1) is 20.4 Å². The minimum absolute atomic E-state index is 0.154. The van der Waals surface area contributed by atoms with E-state index in [1.54, 1.807) is 12.3 Å². The predicted molar refractivity (Wildman–Crippen MR) is 102 cm³/mol. The van der Waals surface area contributed by atoms with Crippen molar-refractivity contribution in [1.82, 2.24) is 25.4 Å². The number of primary amides is 1. The van der Waals surface area contributed by atoms with Crippen LogP contribution in [0.4, 0.5) is 17.3 Å². The van der Waals surface area contributed by atoms with Gasteiger partial charge in [-0.25, -0.2) is 0 Å². The van der Waals surface area contributed by atoms with Crippen molar-refractivity contribution in [2.45, 2.75) is 19.4 Å². The molecule has 6 N–H and O–H groups in total. The molecule has 1 amide bonds. The first-order valence-electron chi connectivity index (χ1n) is 8.77. The molecule has 0 aromatic carbocycles. The van der Waals surface area contributed by atoms with Crippen LogP contribution < -0.4 is 21.7 Å². The highest BCUT2D eigenvalue weighted by Crippen LogP contribution is 2.29. The van der Waals surface area contributed by atoms with Gasteiger partial charge < -0.3 is 26.7 Å². The van der Waals surface area contributed by atoms with Crippen LogP contribution >= 0.6 is 0 Å². The number of piperidine rings is 1. The molecule has 0 spiro atoms. The number of nitrogens with zero attached hydrogens (tertiary/aromatic N) is 5. The zero-order valence-electron chi connectivity index (χ0n) is 14.9. The van der Waals surface area contributed by atoms with E-state index < -0.39 is 5.91 Å². The van der Waals surface area contributed by atoms with Crippen LogP contribution in [0.1, 0.15) is 23.8 Å². The lowest BCUT2D eigenvalue weighted by atomic mass is 9.93. The van der Waals surface area contributed by atoms with Crippen molar-refractivity contribution in [3.8, 4) is 0 Å². The molecule has 27 heavy (non-hydrogen) atoms. The first-order chi connectivity index (χ1) is 13.0. The molecular weight excluding hydrogens is 346 g/mol. The Kier molecular flexibility index (Phi) is 4.22. The highest BCUT2D eigenvalue weighted by atomic mass is 16.1. The fourth-order valence-electron chi connectivity index (χ4n) is 3.50. The number of nitrogens with one attached hydrogen (secondary N) is 2. The number of carbonyl (C=O) groups is 1. The number of amides is 1. The average Bonchev–Trinajstić information content (AvgIpc) is 3.13. The van der Waals surface area contributed by atoms with Gasteiger partial charge in [0.15, 0.2) is 17.2 Å². The second-order valence-electron chi connectivity index (χ2n) is 6.81. The maximum atomic E-state index is 11.8. The number of aromatic amines is 1. The van der Waals surface area contributed by atoms with E-state index in [9.17, 15) is 4.79 Å². The van der Waals surface area contributed by atoms with E-state index in [4.69, 9.17) is 11.5 Å². The number of nitrogens with two attached hydrogens (primary N) is 2. The Morgan fingerprint density at radius 1 is 1.26 bits per heavy atom. The zero-order valence-corrected chi connectivity index (χ0v) is 14.9. The number of aromatic nitrogens is 5. The number of fused-ring (bicyclic) bond motifs is 1. The summed E-state index contributed by atoms with van der Waals surface area (Å²) in [6.07, 6.45) is 2.63. The molecule has 0 bridgehead atoms. The van der Waals surface area contributed by atoms with Crippen molar-refractivity contribution < 1.29 is 4.79 Å². The van der Waals surface area contributed by atoms with Gasteiger partial charge in [-0.2, -0.15) is 0 Å². The van der Waals surface area contributed by atoms with Crippen LogP contribution in [0.25, 0.3) is 11.0 Å². The quantitative estimate of drug-likeness (QED) is 0.527. The molecule has 4 heterocycles. The van der Waals surface area contributed by atoms with E-state index in [0.717, 1.165) is 30.7 Å². The molecule has 3 aromatic rings. The van der Waals surface area contributed by atoms with Crippen molar-refractivity contribution in [2.24, 2.45) is 11.7 Å². The summed E-state index contributed by atoms with van der Waals surface area (Å²) in [5.74, 6) is 0.908.